The van der Waals surface area contributed by atoms with Crippen molar-refractivity contribution in [2.75, 3.05) is 7.11 Å². The molecule has 64 valence electrons. The van der Waals surface area contributed by atoms with Crippen LogP contribution in [0.4, 0.5) is 0 Å². The SMILES string of the molecule is C=CC(C)C(CC)C(=O)OC. The molecule has 0 N–H and O–H groups in total. The Labute approximate surface area is 68.2 Å². The number of carbonyl (C=O) groups excluding carboxylic acids is 1. The molecule has 0 radical (unpaired) electrons. The van der Waals surface area contributed by atoms with Gasteiger partial charge in [0.1, 0.15) is 0 Å². The second-order valence-electron chi connectivity index (χ2n) is 2.63. The van der Waals surface area contributed by atoms with Crippen LogP contribution in [-0.2, 0) is 9.53 Å². The molecule has 0 aliphatic carbocycles. The van der Waals surface area contributed by atoms with Crippen molar-refractivity contribution in [2.45, 2.75) is 20.3 Å². The summed E-state index contributed by atoms with van der Waals surface area (Å²) >= 11 is 0. The number of hydrogen-bond acceptors (Lipinski definition) is 2. The molecule has 0 aromatic rings. The monoisotopic (exact) mass is 156 g/mol. The van der Waals surface area contributed by atoms with Gasteiger partial charge in [0.15, 0.2) is 0 Å². The molecular weight excluding hydrogens is 140 g/mol. The lowest BCUT2D eigenvalue weighted by atomic mass is 9.92. The van der Waals surface area contributed by atoms with Crippen LogP contribution < -0.4 is 0 Å². The highest BCUT2D eigenvalue weighted by molar-refractivity contribution is 5.72. The van der Waals surface area contributed by atoms with Crippen LogP contribution >= 0.6 is 0 Å². The summed E-state index contributed by atoms with van der Waals surface area (Å²) in [6.45, 7) is 7.58. The number of allylic oxidation sites excluding steroid dienone is 1. The molecule has 11 heavy (non-hydrogen) atoms. The lowest BCUT2D eigenvalue weighted by Crippen LogP contribution is -2.21. The van der Waals surface area contributed by atoms with Crippen molar-refractivity contribution >= 4 is 5.97 Å². The molecule has 0 aliphatic heterocycles. The Morgan fingerprint density at radius 1 is 1.73 bits per heavy atom. The standard InChI is InChI=1S/C9H16O2/c1-5-7(3)8(6-2)9(10)11-4/h5,7-8H,1,6H2,2-4H3. The summed E-state index contributed by atoms with van der Waals surface area (Å²) in [5, 5.41) is 0. The third kappa shape index (κ3) is 2.74. The van der Waals surface area contributed by atoms with Gasteiger partial charge in [-0.25, -0.2) is 0 Å². The lowest BCUT2D eigenvalue weighted by Gasteiger charge is -2.16. The number of esters is 1. The molecule has 0 aromatic heterocycles. The molecule has 0 rings (SSSR count). The van der Waals surface area contributed by atoms with Crippen LogP contribution in [0, 0.1) is 11.8 Å². The predicted molar refractivity (Wildman–Crippen MR) is 45.2 cm³/mol. The van der Waals surface area contributed by atoms with Gasteiger partial charge < -0.3 is 4.74 Å². The Kier molecular flexibility index (Phi) is 4.59. The van der Waals surface area contributed by atoms with E-state index < -0.39 is 0 Å². The van der Waals surface area contributed by atoms with Crippen LogP contribution in [0.1, 0.15) is 20.3 Å². The van der Waals surface area contributed by atoms with Crippen LogP contribution in [0.5, 0.6) is 0 Å². The Hall–Kier alpha value is -0.790. The smallest absolute Gasteiger partial charge is 0.309 e. The molecule has 0 spiro atoms. The first-order chi connectivity index (χ1) is 5.17. The lowest BCUT2D eigenvalue weighted by molar-refractivity contribution is -0.146. The van der Waals surface area contributed by atoms with Gasteiger partial charge in [-0.2, -0.15) is 0 Å². The minimum atomic E-state index is -0.139. The average molecular weight is 156 g/mol. The van der Waals surface area contributed by atoms with E-state index in [4.69, 9.17) is 0 Å². The summed E-state index contributed by atoms with van der Waals surface area (Å²) in [7, 11) is 1.42. The summed E-state index contributed by atoms with van der Waals surface area (Å²) in [6, 6.07) is 0. The highest BCUT2D eigenvalue weighted by Crippen LogP contribution is 2.17. The maximum Gasteiger partial charge on any atom is 0.309 e. The summed E-state index contributed by atoms with van der Waals surface area (Å²) in [6.07, 6.45) is 2.59. The zero-order valence-corrected chi connectivity index (χ0v) is 7.46. The maximum atomic E-state index is 11.1. The van der Waals surface area contributed by atoms with Gasteiger partial charge in [-0.3, -0.25) is 4.79 Å². The van der Waals surface area contributed by atoms with Crippen molar-refractivity contribution in [3.63, 3.8) is 0 Å². The molecule has 0 saturated carbocycles. The molecule has 2 unspecified atom stereocenters. The molecule has 2 nitrogen and oxygen atoms in total. The van der Waals surface area contributed by atoms with E-state index in [1.165, 1.54) is 7.11 Å². The van der Waals surface area contributed by atoms with Gasteiger partial charge in [-0.1, -0.05) is 19.9 Å². The minimum absolute atomic E-state index is 0.0301. The van der Waals surface area contributed by atoms with Gasteiger partial charge in [0, 0.05) is 0 Å². The van der Waals surface area contributed by atoms with E-state index in [-0.39, 0.29) is 17.8 Å². The molecular formula is C9H16O2. The number of methoxy groups -OCH3 is 1. The molecule has 0 heterocycles. The Balaban J connectivity index is 4.14. The number of rotatable bonds is 4. The van der Waals surface area contributed by atoms with Crippen LogP contribution in [-0.4, -0.2) is 13.1 Å². The molecule has 0 amide bonds. The second-order valence-corrected chi connectivity index (χ2v) is 2.63. The van der Waals surface area contributed by atoms with Crippen molar-refractivity contribution in [3.05, 3.63) is 12.7 Å². The van der Waals surface area contributed by atoms with Crippen LogP contribution in [0.25, 0.3) is 0 Å². The maximum absolute atomic E-state index is 11.1. The highest BCUT2D eigenvalue weighted by atomic mass is 16.5. The van der Waals surface area contributed by atoms with Gasteiger partial charge >= 0.3 is 5.97 Å². The van der Waals surface area contributed by atoms with Crippen molar-refractivity contribution in [1.29, 1.82) is 0 Å². The van der Waals surface area contributed by atoms with Gasteiger partial charge in [0.25, 0.3) is 0 Å². The van der Waals surface area contributed by atoms with Gasteiger partial charge in [0.2, 0.25) is 0 Å². The molecule has 0 fully saturated rings. The van der Waals surface area contributed by atoms with Gasteiger partial charge in [-0.15, -0.1) is 6.58 Å². The predicted octanol–water partition coefficient (Wildman–Crippen LogP) is 2.01. The van der Waals surface area contributed by atoms with Crippen molar-refractivity contribution in [3.8, 4) is 0 Å². The summed E-state index contributed by atoms with van der Waals surface area (Å²) in [4.78, 5) is 11.1. The third-order valence-corrected chi connectivity index (χ3v) is 1.95. The molecule has 0 aromatic carbocycles. The van der Waals surface area contributed by atoms with E-state index in [9.17, 15) is 4.79 Å². The largest absolute Gasteiger partial charge is 0.469 e. The first-order valence-electron chi connectivity index (χ1n) is 3.87. The van der Waals surface area contributed by atoms with E-state index >= 15 is 0 Å². The van der Waals surface area contributed by atoms with E-state index in [0.29, 0.717) is 0 Å². The zero-order chi connectivity index (χ0) is 8.85. The number of carbonyl (C=O) groups is 1. The van der Waals surface area contributed by atoms with E-state index in [2.05, 4.69) is 11.3 Å². The minimum Gasteiger partial charge on any atom is -0.469 e. The van der Waals surface area contributed by atoms with Crippen molar-refractivity contribution in [2.24, 2.45) is 11.8 Å². The van der Waals surface area contributed by atoms with Crippen LogP contribution in [0.3, 0.4) is 0 Å². The summed E-state index contributed by atoms with van der Waals surface area (Å²) in [5.41, 5.74) is 0. The quantitative estimate of drug-likeness (QED) is 0.459. The zero-order valence-electron chi connectivity index (χ0n) is 7.46. The molecule has 0 saturated heterocycles. The fraction of sp³-hybridized carbons (Fsp3) is 0.667. The topological polar surface area (TPSA) is 26.3 Å². The molecule has 2 atom stereocenters. The van der Waals surface area contributed by atoms with Crippen molar-refractivity contribution in [1.82, 2.24) is 0 Å². The summed E-state index contributed by atoms with van der Waals surface area (Å²) in [5.74, 6) is 0.0323. The fourth-order valence-corrected chi connectivity index (χ4v) is 1.07. The van der Waals surface area contributed by atoms with E-state index in [1.54, 1.807) is 6.08 Å². The van der Waals surface area contributed by atoms with Gasteiger partial charge in [-0.05, 0) is 12.3 Å². The number of ether oxygens (including phenoxy) is 1. The Bertz CT molecular complexity index is 140. The van der Waals surface area contributed by atoms with Crippen LogP contribution in [0.15, 0.2) is 12.7 Å². The van der Waals surface area contributed by atoms with Crippen molar-refractivity contribution < 1.29 is 9.53 Å². The fourth-order valence-electron chi connectivity index (χ4n) is 1.07. The molecule has 0 aliphatic rings. The summed E-state index contributed by atoms with van der Waals surface area (Å²) < 4.78 is 4.64. The number of hydrogen-bond donors (Lipinski definition) is 0. The average Bonchev–Trinajstić information content (AvgIpc) is 2.05. The molecule has 0 bridgehead atoms. The second kappa shape index (κ2) is 4.94. The Morgan fingerprint density at radius 3 is 2.55 bits per heavy atom. The van der Waals surface area contributed by atoms with E-state index in [1.807, 2.05) is 13.8 Å². The van der Waals surface area contributed by atoms with E-state index in [0.717, 1.165) is 6.42 Å². The highest BCUT2D eigenvalue weighted by Gasteiger charge is 2.21. The third-order valence-electron chi connectivity index (χ3n) is 1.95. The Morgan fingerprint density at radius 2 is 2.27 bits per heavy atom. The van der Waals surface area contributed by atoms with Gasteiger partial charge in [0.05, 0.1) is 13.0 Å². The first kappa shape index (κ1) is 10.2. The first-order valence-corrected chi connectivity index (χ1v) is 3.87. The molecule has 2 heteroatoms. The van der Waals surface area contributed by atoms with Crippen LogP contribution in [0.2, 0.25) is 0 Å². The normalized spacial score (nSPS) is 15.2.